The fraction of sp³-hybridized carbons (Fsp3) is 0.464. The highest BCUT2D eigenvalue weighted by molar-refractivity contribution is 5.94. The Kier molecular flexibility index (Phi) is 3.57. The number of pyridine rings is 1. The first-order valence-electron chi connectivity index (χ1n) is 12.6. The highest BCUT2D eigenvalue weighted by Crippen LogP contribution is 2.69. The molecule has 4 atom stereocenters. The Balaban J connectivity index is 1.43. The Bertz CT molecular complexity index is 1390. The van der Waals surface area contributed by atoms with E-state index in [-0.39, 0.29) is 11.8 Å². The number of hydrogen-bond acceptors (Lipinski definition) is 6. The van der Waals surface area contributed by atoms with Crippen LogP contribution in [0.4, 0.5) is 5.69 Å². The maximum absolute atomic E-state index is 12.9. The number of phenols is 1. The number of likely N-dealkylation sites (tertiary alicyclic amines) is 1. The molecule has 6 nitrogen and oxygen atoms in total. The molecule has 3 aromatic rings. The molecule has 5 aliphatic rings. The molecule has 2 bridgehead atoms. The second-order valence-electron chi connectivity index (χ2n) is 11.0. The van der Waals surface area contributed by atoms with Crippen LogP contribution in [0.25, 0.3) is 10.9 Å². The lowest BCUT2D eigenvalue weighted by Gasteiger charge is -2.63. The SMILES string of the molecule is CNc1c2c(nc3ccccc13)C1Oc3c(O)ccc4c3[C@@]13CCN(CC1CC1)[C@H](C4)C3(O)C2. The molecule has 6 heteroatoms. The van der Waals surface area contributed by atoms with Gasteiger partial charge >= 0.3 is 0 Å². The third-order valence-corrected chi connectivity index (χ3v) is 9.48. The molecule has 0 amide bonds. The first-order valence-corrected chi connectivity index (χ1v) is 12.6. The van der Waals surface area contributed by atoms with E-state index in [2.05, 4.69) is 22.3 Å². The number of nitrogens with zero attached hydrogens (tertiary/aromatic N) is 2. The smallest absolute Gasteiger partial charge is 0.166 e. The van der Waals surface area contributed by atoms with Gasteiger partial charge in [0.05, 0.1) is 22.2 Å². The number of benzene rings is 2. The number of phenolic OH excluding ortho intramolecular Hbond substituents is 1. The van der Waals surface area contributed by atoms with Crippen molar-refractivity contribution in [1.29, 1.82) is 0 Å². The second kappa shape index (κ2) is 6.23. The lowest BCUT2D eigenvalue weighted by molar-refractivity contribution is -0.173. The van der Waals surface area contributed by atoms with Crippen molar-refractivity contribution in [3.63, 3.8) is 0 Å². The second-order valence-corrected chi connectivity index (χ2v) is 11.0. The van der Waals surface area contributed by atoms with Crippen LogP contribution < -0.4 is 10.1 Å². The van der Waals surface area contributed by atoms with Gasteiger partial charge in [0.2, 0.25) is 0 Å². The van der Waals surface area contributed by atoms with Crippen LogP contribution in [0.1, 0.15) is 47.8 Å². The van der Waals surface area contributed by atoms with Crippen LogP contribution in [0.5, 0.6) is 11.5 Å². The molecule has 3 aliphatic carbocycles. The summed E-state index contributed by atoms with van der Waals surface area (Å²) >= 11 is 0. The Morgan fingerprint density at radius 3 is 2.88 bits per heavy atom. The molecule has 1 saturated heterocycles. The van der Waals surface area contributed by atoms with Crippen LogP contribution in [0, 0.1) is 5.92 Å². The Hall–Kier alpha value is -2.83. The zero-order chi connectivity index (χ0) is 22.8. The zero-order valence-electron chi connectivity index (χ0n) is 19.3. The number of anilines is 1. The van der Waals surface area contributed by atoms with E-state index in [1.54, 1.807) is 6.07 Å². The van der Waals surface area contributed by atoms with E-state index in [1.807, 2.05) is 25.2 Å². The van der Waals surface area contributed by atoms with Gasteiger partial charge in [-0.1, -0.05) is 24.3 Å². The normalized spacial score (nSPS) is 32.8. The van der Waals surface area contributed by atoms with Gasteiger partial charge in [-0.05, 0) is 55.8 Å². The van der Waals surface area contributed by atoms with E-state index < -0.39 is 17.1 Å². The van der Waals surface area contributed by atoms with Gasteiger partial charge in [-0.2, -0.15) is 0 Å². The van der Waals surface area contributed by atoms with Gasteiger partial charge in [-0.3, -0.25) is 4.90 Å². The molecular formula is C28H29N3O3. The number of aliphatic hydroxyl groups is 1. The van der Waals surface area contributed by atoms with Crippen molar-refractivity contribution < 1.29 is 14.9 Å². The molecule has 3 heterocycles. The summed E-state index contributed by atoms with van der Waals surface area (Å²) in [7, 11) is 1.95. The molecule has 8 rings (SSSR count). The number of ether oxygens (including phenoxy) is 1. The number of fused-ring (bicyclic) bond motifs is 3. The maximum atomic E-state index is 12.9. The quantitative estimate of drug-likeness (QED) is 0.559. The van der Waals surface area contributed by atoms with Gasteiger partial charge in [0.25, 0.3) is 0 Å². The van der Waals surface area contributed by atoms with Crippen LogP contribution in [-0.4, -0.2) is 51.9 Å². The molecule has 1 spiro atoms. The summed E-state index contributed by atoms with van der Waals surface area (Å²) in [5.74, 6) is 1.49. The monoisotopic (exact) mass is 455 g/mol. The van der Waals surface area contributed by atoms with Crippen molar-refractivity contribution >= 4 is 16.6 Å². The fourth-order valence-electron chi connectivity index (χ4n) is 7.87. The number of aromatic hydroxyl groups is 1. The van der Waals surface area contributed by atoms with E-state index in [4.69, 9.17) is 9.72 Å². The third-order valence-electron chi connectivity index (χ3n) is 9.48. The summed E-state index contributed by atoms with van der Waals surface area (Å²) in [5.41, 5.74) is 4.59. The Morgan fingerprint density at radius 2 is 2.06 bits per heavy atom. The van der Waals surface area contributed by atoms with Crippen LogP contribution in [0.15, 0.2) is 36.4 Å². The van der Waals surface area contributed by atoms with Gasteiger partial charge in [-0.15, -0.1) is 0 Å². The summed E-state index contributed by atoms with van der Waals surface area (Å²) in [6, 6.07) is 12.0. The van der Waals surface area contributed by atoms with Gasteiger partial charge in [0.15, 0.2) is 17.6 Å². The van der Waals surface area contributed by atoms with E-state index in [9.17, 15) is 10.2 Å². The van der Waals surface area contributed by atoms with E-state index in [0.29, 0.717) is 12.2 Å². The molecule has 2 unspecified atom stereocenters. The molecule has 1 aromatic heterocycles. The number of hydrogen-bond donors (Lipinski definition) is 3. The molecule has 34 heavy (non-hydrogen) atoms. The number of nitrogens with one attached hydrogen (secondary N) is 1. The van der Waals surface area contributed by atoms with Crippen molar-refractivity contribution in [2.45, 2.75) is 55.3 Å². The maximum Gasteiger partial charge on any atom is 0.166 e. The molecule has 2 aliphatic heterocycles. The number of aromatic nitrogens is 1. The van der Waals surface area contributed by atoms with Crippen LogP contribution >= 0.6 is 0 Å². The molecule has 2 aromatic carbocycles. The minimum atomic E-state index is -0.987. The average molecular weight is 456 g/mol. The minimum Gasteiger partial charge on any atom is -0.504 e. The predicted octanol–water partition coefficient (Wildman–Crippen LogP) is 3.68. The minimum absolute atomic E-state index is 0.0280. The van der Waals surface area contributed by atoms with E-state index in [0.717, 1.165) is 65.3 Å². The highest BCUT2D eigenvalue weighted by atomic mass is 16.5. The fourth-order valence-corrected chi connectivity index (χ4v) is 7.87. The average Bonchev–Trinajstić information content (AvgIpc) is 3.58. The van der Waals surface area contributed by atoms with E-state index >= 15 is 0 Å². The van der Waals surface area contributed by atoms with Crippen LogP contribution in [-0.2, 0) is 18.3 Å². The predicted molar refractivity (Wildman–Crippen MR) is 130 cm³/mol. The molecule has 174 valence electrons. The van der Waals surface area contributed by atoms with Gasteiger partial charge in [0.1, 0.15) is 0 Å². The van der Waals surface area contributed by atoms with Gasteiger partial charge in [0, 0.05) is 48.3 Å². The Morgan fingerprint density at radius 1 is 1.21 bits per heavy atom. The molecular weight excluding hydrogens is 426 g/mol. The van der Waals surface area contributed by atoms with Crippen LogP contribution in [0.3, 0.4) is 0 Å². The lowest BCUT2D eigenvalue weighted by Crippen LogP contribution is -2.74. The first-order chi connectivity index (χ1) is 16.5. The van der Waals surface area contributed by atoms with Crippen molar-refractivity contribution in [3.05, 3.63) is 58.8 Å². The topological polar surface area (TPSA) is 77.9 Å². The number of rotatable bonds is 3. The number of para-hydroxylation sites is 1. The lowest BCUT2D eigenvalue weighted by atomic mass is 9.48. The molecule has 0 radical (unpaired) electrons. The summed E-state index contributed by atoms with van der Waals surface area (Å²) in [6.07, 6.45) is 4.33. The van der Waals surface area contributed by atoms with Crippen molar-refractivity contribution in [3.8, 4) is 11.5 Å². The van der Waals surface area contributed by atoms with Gasteiger partial charge < -0.3 is 20.3 Å². The standard InChI is InChI=1S/C28H29N3O3/c1-29-23-17-4-2-3-5-19(17)30-24-18(23)13-28(33)21-12-16-8-9-20(32)25-22(16)27(28,26(24)34-25)10-11-31(21)14-15-6-7-15/h2-5,8-9,15,21,26,32-33H,6-7,10-14H2,1H3,(H,29,30)/t21-,26?,27+,28?/m1/s1. The van der Waals surface area contributed by atoms with Gasteiger partial charge in [-0.25, -0.2) is 4.98 Å². The summed E-state index contributed by atoms with van der Waals surface area (Å²) in [5, 5.41) is 28.2. The summed E-state index contributed by atoms with van der Waals surface area (Å²) < 4.78 is 6.66. The summed E-state index contributed by atoms with van der Waals surface area (Å²) in [4.78, 5) is 7.71. The highest BCUT2D eigenvalue weighted by Gasteiger charge is 2.73. The zero-order valence-corrected chi connectivity index (χ0v) is 19.3. The molecule has 2 fully saturated rings. The van der Waals surface area contributed by atoms with Crippen molar-refractivity contribution in [2.75, 3.05) is 25.5 Å². The van der Waals surface area contributed by atoms with E-state index in [1.165, 1.54) is 18.4 Å². The molecule has 3 N–H and O–H groups in total. The van der Waals surface area contributed by atoms with Crippen LogP contribution in [0.2, 0.25) is 0 Å². The molecule has 1 saturated carbocycles. The van der Waals surface area contributed by atoms with Crippen molar-refractivity contribution in [2.24, 2.45) is 5.92 Å². The third kappa shape index (κ3) is 2.13. The van der Waals surface area contributed by atoms with Crippen molar-refractivity contribution in [1.82, 2.24) is 9.88 Å². The first kappa shape index (κ1) is 19.5. The summed E-state index contributed by atoms with van der Waals surface area (Å²) in [6.45, 7) is 2.01. The largest absolute Gasteiger partial charge is 0.504 e. The Labute approximate surface area is 198 Å². The number of piperidine rings is 1.